The van der Waals surface area contributed by atoms with Crippen LogP contribution in [0.1, 0.15) is 35.5 Å². The maximum Gasteiger partial charge on any atom is 0.253 e. The van der Waals surface area contributed by atoms with Crippen molar-refractivity contribution in [3.05, 3.63) is 10.4 Å². The number of hydrogen-bond acceptors (Lipinski definition) is 5. The molecule has 5 nitrogen and oxygen atoms in total. The van der Waals surface area contributed by atoms with Crippen LogP contribution in [0.2, 0.25) is 0 Å². The number of nitrogen functional groups attached to an aromatic ring is 1. The molecule has 0 aromatic carbocycles. The molecule has 0 bridgehead atoms. The number of thiophene rings is 1. The second-order valence-electron chi connectivity index (χ2n) is 4.61. The van der Waals surface area contributed by atoms with Crippen molar-refractivity contribution in [1.82, 2.24) is 0 Å². The number of anilines is 2. The summed E-state index contributed by atoms with van der Waals surface area (Å²) in [7, 11) is 1.88. The molecule has 1 aromatic heterocycles. The van der Waals surface area contributed by atoms with Crippen LogP contribution < -0.4 is 16.4 Å². The Balaban J connectivity index is 3.08. The van der Waals surface area contributed by atoms with Gasteiger partial charge in [0.2, 0.25) is 0 Å². The van der Waals surface area contributed by atoms with E-state index in [-0.39, 0.29) is 11.3 Å². The molecule has 0 aliphatic carbocycles. The average molecular weight is 266 g/mol. The maximum atomic E-state index is 11.4. The second kappa shape index (κ2) is 5.74. The third-order valence-corrected chi connectivity index (χ3v) is 3.89. The van der Waals surface area contributed by atoms with Crippen LogP contribution in [0.4, 0.5) is 10.7 Å². The molecule has 1 aromatic rings. The van der Waals surface area contributed by atoms with Gasteiger partial charge in [0.15, 0.2) is 0 Å². The Morgan fingerprint density at radius 3 is 2.61 bits per heavy atom. The van der Waals surface area contributed by atoms with Crippen LogP contribution in [-0.4, -0.2) is 19.5 Å². The van der Waals surface area contributed by atoms with E-state index in [2.05, 4.69) is 13.8 Å². The van der Waals surface area contributed by atoms with Crippen LogP contribution in [0.3, 0.4) is 0 Å². The van der Waals surface area contributed by atoms with Crippen molar-refractivity contribution in [3.8, 4) is 6.07 Å². The number of nitriles is 1. The SMILES string of the molecule is CC(C)CCN(C)c1sc(C#N)c(N)c1C(N)=O. The fourth-order valence-electron chi connectivity index (χ4n) is 1.57. The topological polar surface area (TPSA) is 96.1 Å². The molecule has 4 N–H and O–H groups in total. The Labute approximate surface area is 111 Å². The minimum atomic E-state index is -0.586. The summed E-state index contributed by atoms with van der Waals surface area (Å²) in [6.45, 7) is 5.06. The molecular formula is C12H18N4OS. The molecule has 1 heterocycles. The summed E-state index contributed by atoms with van der Waals surface area (Å²) in [5.74, 6) is -0.0196. The van der Waals surface area contributed by atoms with Crippen molar-refractivity contribution in [2.75, 3.05) is 24.2 Å². The molecule has 1 rings (SSSR count). The predicted molar refractivity (Wildman–Crippen MR) is 74.7 cm³/mol. The summed E-state index contributed by atoms with van der Waals surface area (Å²) in [5.41, 5.74) is 11.6. The number of amides is 1. The van der Waals surface area contributed by atoms with Gasteiger partial charge in [-0.3, -0.25) is 4.79 Å². The first-order chi connectivity index (χ1) is 8.38. The molecule has 18 heavy (non-hydrogen) atoms. The van der Waals surface area contributed by atoms with Gasteiger partial charge in [-0.05, 0) is 12.3 Å². The minimum Gasteiger partial charge on any atom is -0.396 e. The number of nitrogens with two attached hydrogens (primary N) is 2. The molecule has 0 unspecified atom stereocenters. The normalized spacial score (nSPS) is 10.4. The van der Waals surface area contributed by atoms with Gasteiger partial charge in [0.25, 0.3) is 5.91 Å². The molecule has 0 saturated carbocycles. The van der Waals surface area contributed by atoms with Crippen molar-refractivity contribution in [2.24, 2.45) is 11.7 Å². The van der Waals surface area contributed by atoms with Gasteiger partial charge in [0.05, 0.1) is 11.3 Å². The van der Waals surface area contributed by atoms with E-state index in [1.165, 1.54) is 11.3 Å². The van der Waals surface area contributed by atoms with E-state index in [9.17, 15) is 4.79 Å². The van der Waals surface area contributed by atoms with Gasteiger partial charge in [-0.1, -0.05) is 13.8 Å². The highest BCUT2D eigenvalue weighted by atomic mass is 32.1. The highest BCUT2D eigenvalue weighted by Crippen LogP contribution is 2.37. The van der Waals surface area contributed by atoms with Gasteiger partial charge in [0.1, 0.15) is 15.9 Å². The first-order valence-electron chi connectivity index (χ1n) is 5.71. The fraction of sp³-hybridized carbons (Fsp3) is 0.500. The molecule has 0 atom stereocenters. The first kappa shape index (κ1) is 14.3. The molecule has 0 radical (unpaired) electrons. The lowest BCUT2D eigenvalue weighted by molar-refractivity contribution is 0.100. The van der Waals surface area contributed by atoms with E-state index in [1.54, 1.807) is 0 Å². The molecule has 0 aliphatic rings. The Morgan fingerprint density at radius 1 is 1.56 bits per heavy atom. The standard InChI is InChI=1S/C12H18N4OS/c1-7(2)4-5-16(3)12-9(11(15)17)10(14)8(6-13)18-12/h7H,4-5,14H2,1-3H3,(H2,15,17). The van der Waals surface area contributed by atoms with Gasteiger partial charge in [-0.25, -0.2) is 0 Å². The highest BCUT2D eigenvalue weighted by molar-refractivity contribution is 7.17. The van der Waals surface area contributed by atoms with Crippen molar-refractivity contribution in [2.45, 2.75) is 20.3 Å². The Morgan fingerprint density at radius 2 is 2.17 bits per heavy atom. The summed E-state index contributed by atoms with van der Waals surface area (Å²) in [6, 6.07) is 1.99. The zero-order valence-corrected chi connectivity index (χ0v) is 11.7. The van der Waals surface area contributed by atoms with Gasteiger partial charge in [0, 0.05) is 13.6 Å². The number of carbonyl (C=O) groups is 1. The fourth-order valence-corrected chi connectivity index (χ4v) is 2.59. The second-order valence-corrected chi connectivity index (χ2v) is 5.60. The van der Waals surface area contributed by atoms with E-state index in [4.69, 9.17) is 16.7 Å². The zero-order chi connectivity index (χ0) is 13.9. The van der Waals surface area contributed by atoms with Crippen molar-refractivity contribution in [3.63, 3.8) is 0 Å². The van der Waals surface area contributed by atoms with Crippen LogP contribution >= 0.6 is 11.3 Å². The summed E-state index contributed by atoms with van der Waals surface area (Å²) in [5, 5.41) is 9.63. The average Bonchev–Trinajstić information content (AvgIpc) is 2.63. The summed E-state index contributed by atoms with van der Waals surface area (Å²) in [4.78, 5) is 13.7. The van der Waals surface area contributed by atoms with E-state index in [0.717, 1.165) is 13.0 Å². The molecule has 0 aliphatic heterocycles. The number of carbonyl (C=O) groups excluding carboxylic acids is 1. The van der Waals surface area contributed by atoms with Crippen LogP contribution in [0, 0.1) is 17.2 Å². The first-order valence-corrected chi connectivity index (χ1v) is 6.53. The van der Waals surface area contributed by atoms with Crippen LogP contribution in [0.15, 0.2) is 0 Å². The Bertz CT molecular complexity index is 487. The lowest BCUT2D eigenvalue weighted by atomic mass is 10.1. The Kier molecular flexibility index (Phi) is 4.56. The van der Waals surface area contributed by atoms with Gasteiger partial charge >= 0.3 is 0 Å². The van der Waals surface area contributed by atoms with Crippen LogP contribution in [0.25, 0.3) is 0 Å². The summed E-state index contributed by atoms with van der Waals surface area (Å²) in [6.07, 6.45) is 0.994. The lowest BCUT2D eigenvalue weighted by Gasteiger charge is -2.19. The molecule has 6 heteroatoms. The quantitative estimate of drug-likeness (QED) is 0.849. The van der Waals surface area contributed by atoms with Crippen molar-refractivity contribution in [1.29, 1.82) is 5.26 Å². The zero-order valence-electron chi connectivity index (χ0n) is 10.9. The van der Waals surface area contributed by atoms with E-state index in [1.807, 2.05) is 18.0 Å². The molecule has 0 spiro atoms. The van der Waals surface area contributed by atoms with Crippen LogP contribution in [-0.2, 0) is 0 Å². The number of rotatable bonds is 5. The maximum absolute atomic E-state index is 11.4. The molecule has 0 saturated heterocycles. The van der Waals surface area contributed by atoms with Gasteiger partial charge in [-0.15, -0.1) is 11.3 Å². The molecule has 98 valence electrons. The molecule has 0 fully saturated rings. The number of hydrogen-bond donors (Lipinski definition) is 2. The third-order valence-electron chi connectivity index (χ3n) is 2.66. The van der Waals surface area contributed by atoms with Crippen LogP contribution in [0.5, 0.6) is 0 Å². The number of primary amides is 1. The highest BCUT2D eigenvalue weighted by Gasteiger charge is 2.22. The molecular weight excluding hydrogens is 248 g/mol. The van der Waals surface area contributed by atoms with E-state index < -0.39 is 5.91 Å². The number of nitrogens with zero attached hydrogens (tertiary/aromatic N) is 2. The largest absolute Gasteiger partial charge is 0.396 e. The monoisotopic (exact) mass is 266 g/mol. The van der Waals surface area contributed by atoms with E-state index >= 15 is 0 Å². The van der Waals surface area contributed by atoms with Crippen molar-refractivity contribution < 1.29 is 4.79 Å². The summed E-state index contributed by atoms with van der Waals surface area (Å²) >= 11 is 1.21. The summed E-state index contributed by atoms with van der Waals surface area (Å²) < 4.78 is 0. The molecule has 1 amide bonds. The minimum absolute atomic E-state index is 0.196. The smallest absolute Gasteiger partial charge is 0.253 e. The van der Waals surface area contributed by atoms with Gasteiger partial charge in [-0.2, -0.15) is 5.26 Å². The lowest BCUT2D eigenvalue weighted by Crippen LogP contribution is -2.23. The van der Waals surface area contributed by atoms with E-state index in [0.29, 0.717) is 15.8 Å². The van der Waals surface area contributed by atoms with Crippen molar-refractivity contribution >= 4 is 27.9 Å². The van der Waals surface area contributed by atoms with Gasteiger partial charge < -0.3 is 16.4 Å². The Hall–Kier alpha value is -1.74. The predicted octanol–water partition coefficient (Wildman–Crippen LogP) is 1.78. The third kappa shape index (κ3) is 2.93.